The Morgan fingerprint density at radius 2 is 1.95 bits per heavy atom. The topological polar surface area (TPSA) is 59.2 Å². The van der Waals surface area contributed by atoms with Crippen LogP contribution in [0.15, 0.2) is 36.4 Å². The first kappa shape index (κ1) is 13.1. The van der Waals surface area contributed by atoms with E-state index in [0.29, 0.717) is 6.42 Å². The highest BCUT2D eigenvalue weighted by Gasteiger charge is 2.20. The molecule has 2 aromatic rings. The van der Waals surface area contributed by atoms with Gasteiger partial charge in [0.15, 0.2) is 0 Å². The van der Waals surface area contributed by atoms with Crippen LogP contribution in [0.3, 0.4) is 0 Å². The van der Waals surface area contributed by atoms with Crippen molar-refractivity contribution in [1.29, 1.82) is 0 Å². The van der Waals surface area contributed by atoms with Crippen molar-refractivity contribution in [3.63, 3.8) is 0 Å². The number of benzene rings is 1. The zero-order valence-electron chi connectivity index (χ0n) is 11.5. The number of carbonyl (C=O) groups is 1. The molecule has 104 valence electrons. The van der Waals surface area contributed by atoms with E-state index >= 15 is 0 Å². The summed E-state index contributed by atoms with van der Waals surface area (Å²) in [6.07, 6.45) is 2.17. The molecular formula is C16H19N3O. The Balaban J connectivity index is 1.71. The van der Waals surface area contributed by atoms with Crippen molar-refractivity contribution in [2.24, 2.45) is 5.73 Å². The van der Waals surface area contributed by atoms with E-state index in [2.05, 4.69) is 4.98 Å². The Kier molecular flexibility index (Phi) is 3.65. The molecule has 0 unspecified atom stereocenters. The average molecular weight is 269 g/mol. The second-order valence-corrected chi connectivity index (χ2v) is 5.39. The minimum Gasteiger partial charge on any atom is -0.342 e. The number of rotatable bonds is 2. The van der Waals surface area contributed by atoms with E-state index in [1.165, 1.54) is 0 Å². The largest absolute Gasteiger partial charge is 0.342 e. The van der Waals surface area contributed by atoms with Crippen LogP contribution in [0.5, 0.6) is 0 Å². The molecule has 2 heterocycles. The molecule has 20 heavy (non-hydrogen) atoms. The summed E-state index contributed by atoms with van der Waals surface area (Å²) in [5, 5.41) is 1.10. The number of pyridine rings is 1. The van der Waals surface area contributed by atoms with Gasteiger partial charge in [0.1, 0.15) is 0 Å². The molecule has 3 rings (SSSR count). The monoisotopic (exact) mass is 269 g/mol. The highest BCUT2D eigenvalue weighted by atomic mass is 16.2. The Morgan fingerprint density at radius 3 is 2.75 bits per heavy atom. The van der Waals surface area contributed by atoms with Crippen LogP contribution >= 0.6 is 0 Å². The third kappa shape index (κ3) is 2.80. The molecule has 0 aliphatic carbocycles. The summed E-state index contributed by atoms with van der Waals surface area (Å²) in [5.74, 6) is 0.152. The summed E-state index contributed by atoms with van der Waals surface area (Å²) in [7, 11) is 0. The van der Waals surface area contributed by atoms with Gasteiger partial charge in [-0.15, -0.1) is 0 Å². The van der Waals surface area contributed by atoms with E-state index in [1.807, 2.05) is 41.3 Å². The third-order valence-corrected chi connectivity index (χ3v) is 3.88. The van der Waals surface area contributed by atoms with Gasteiger partial charge < -0.3 is 10.6 Å². The fraction of sp³-hybridized carbons (Fsp3) is 0.375. The molecule has 1 amide bonds. The first-order valence-electron chi connectivity index (χ1n) is 7.10. The first-order chi connectivity index (χ1) is 9.72. The molecule has 0 spiro atoms. The molecule has 0 bridgehead atoms. The quantitative estimate of drug-likeness (QED) is 0.903. The molecule has 1 fully saturated rings. The SMILES string of the molecule is NC1CCN(C(=O)Cc2ccc3ccccc3n2)CC1. The number of carbonyl (C=O) groups excluding carboxylic acids is 1. The van der Waals surface area contributed by atoms with Crippen molar-refractivity contribution in [3.8, 4) is 0 Å². The Labute approximate surface area is 118 Å². The van der Waals surface area contributed by atoms with Crippen LogP contribution in [0.4, 0.5) is 0 Å². The van der Waals surface area contributed by atoms with Gasteiger partial charge >= 0.3 is 0 Å². The molecule has 4 nitrogen and oxygen atoms in total. The minimum atomic E-state index is 0.152. The normalized spacial score (nSPS) is 16.6. The molecule has 1 aromatic carbocycles. The lowest BCUT2D eigenvalue weighted by Gasteiger charge is -2.30. The van der Waals surface area contributed by atoms with E-state index in [0.717, 1.165) is 42.5 Å². The summed E-state index contributed by atoms with van der Waals surface area (Å²) in [5.41, 5.74) is 7.64. The predicted octanol–water partition coefficient (Wildman–Crippen LogP) is 1.73. The molecular weight excluding hydrogens is 250 g/mol. The van der Waals surface area contributed by atoms with Crippen LogP contribution in [-0.4, -0.2) is 34.9 Å². The van der Waals surface area contributed by atoms with Crippen molar-refractivity contribution >= 4 is 16.8 Å². The summed E-state index contributed by atoms with van der Waals surface area (Å²) < 4.78 is 0. The van der Waals surface area contributed by atoms with Gasteiger partial charge in [0, 0.05) is 24.5 Å². The van der Waals surface area contributed by atoms with E-state index in [4.69, 9.17) is 5.73 Å². The number of piperidine rings is 1. The minimum absolute atomic E-state index is 0.152. The predicted molar refractivity (Wildman–Crippen MR) is 79.2 cm³/mol. The van der Waals surface area contributed by atoms with Crippen molar-refractivity contribution < 1.29 is 4.79 Å². The number of aromatic nitrogens is 1. The van der Waals surface area contributed by atoms with Gasteiger partial charge in [0.2, 0.25) is 5.91 Å². The maximum atomic E-state index is 12.3. The summed E-state index contributed by atoms with van der Waals surface area (Å²) >= 11 is 0. The molecule has 0 atom stereocenters. The molecule has 4 heteroatoms. The van der Waals surface area contributed by atoms with E-state index in [-0.39, 0.29) is 11.9 Å². The number of hydrogen-bond acceptors (Lipinski definition) is 3. The van der Waals surface area contributed by atoms with Crippen LogP contribution in [0, 0.1) is 0 Å². The average Bonchev–Trinajstić information content (AvgIpc) is 2.48. The van der Waals surface area contributed by atoms with Crippen molar-refractivity contribution in [1.82, 2.24) is 9.88 Å². The van der Waals surface area contributed by atoms with Gasteiger partial charge in [0.25, 0.3) is 0 Å². The lowest BCUT2D eigenvalue weighted by atomic mass is 10.1. The van der Waals surface area contributed by atoms with Crippen LogP contribution in [0.2, 0.25) is 0 Å². The molecule has 0 radical (unpaired) electrons. The lowest BCUT2D eigenvalue weighted by molar-refractivity contribution is -0.131. The van der Waals surface area contributed by atoms with Gasteiger partial charge in [-0.2, -0.15) is 0 Å². The fourth-order valence-corrected chi connectivity index (χ4v) is 2.62. The fourth-order valence-electron chi connectivity index (χ4n) is 2.62. The van der Waals surface area contributed by atoms with Gasteiger partial charge in [-0.3, -0.25) is 9.78 Å². The van der Waals surface area contributed by atoms with Gasteiger partial charge in [0.05, 0.1) is 17.6 Å². The number of nitrogens with two attached hydrogens (primary N) is 1. The highest BCUT2D eigenvalue weighted by Crippen LogP contribution is 2.14. The van der Waals surface area contributed by atoms with Crippen LogP contribution in [-0.2, 0) is 11.2 Å². The second kappa shape index (κ2) is 5.59. The zero-order chi connectivity index (χ0) is 13.9. The summed E-state index contributed by atoms with van der Waals surface area (Å²) in [6.45, 7) is 1.54. The molecule has 1 saturated heterocycles. The van der Waals surface area contributed by atoms with Gasteiger partial charge in [-0.1, -0.05) is 24.3 Å². The lowest BCUT2D eigenvalue weighted by Crippen LogP contribution is -2.43. The number of likely N-dealkylation sites (tertiary alicyclic amines) is 1. The molecule has 1 aliphatic heterocycles. The van der Waals surface area contributed by atoms with Gasteiger partial charge in [-0.05, 0) is 25.0 Å². The molecule has 1 aliphatic rings. The molecule has 2 N–H and O–H groups in total. The van der Waals surface area contributed by atoms with Crippen molar-refractivity contribution in [2.75, 3.05) is 13.1 Å². The van der Waals surface area contributed by atoms with E-state index < -0.39 is 0 Å². The Hall–Kier alpha value is -1.94. The van der Waals surface area contributed by atoms with Crippen molar-refractivity contribution in [3.05, 3.63) is 42.1 Å². The zero-order valence-corrected chi connectivity index (χ0v) is 11.5. The number of para-hydroxylation sites is 1. The summed E-state index contributed by atoms with van der Waals surface area (Å²) in [6, 6.07) is 12.2. The first-order valence-corrected chi connectivity index (χ1v) is 7.10. The van der Waals surface area contributed by atoms with E-state index in [1.54, 1.807) is 0 Å². The smallest absolute Gasteiger partial charge is 0.228 e. The summed E-state index contributed by atoms with van der Waals surface area (Å²) in [4.78, 5) is 18.7. The maximum absolute atomic E-state index is 12.3. The number of nitrogens with zero attached hydrogens (tertiary/aromatic N) is 2. The van der Waals surface area contributed by atoms with Crippen LogP contribution in [0.1, 0.15) is 18.5 Å². The number of amides is 1. The van der Waals surface area contributed by atoms with E-state index in [9.17, 15) is 4.79 Å². The molecule has 1 aromatic heterocycles. The van der Waals surface area contributed by atoms with Gasteiger partial charge in [-0.25, -0.2) is 0 Å². The highest BCUT2D eigenvalue weighted by molar-refractivity contribution is 5.81. The van der Waals surface area contributed by atoms with Crippen LogP contribution < -0.4 is 5.73 Å². The Morgan fingerprint density at radius 1 is 1.20 bits per heavy atom. The molecule has 0 saturated carbocycles. The second-order valence-electron chi connectivity index (χ2n) is 5.39. The van der Waals surface area contributed by atoms with Crippen LogP contribution in [0.25, 0.3) is 10.9 Å². The van der Waals surface area contributed by atoms with Crippen molar-refractivity contribution in [2.45, 2.75) is 25.3 Å². The maximum Gasteiger partial charge on any atom is 0.228 e. The Bertz CT molecular complexity index is 618. The number of fused-ring (bicyclic) bond motifs is 1. The number of hydrogen-bond donors (Lipinski definition) is 1. The third-order valence-electron chi connectivity index (χ3n) is 3.88. The standard InChI is InChI=1S/C16H19N3O/c17-13-7-9-19(10-8-13)16(20)11-14-6-5-12-3-1-2-4-15(12)18-14/h1-6,13H,7-11,17H2.